The Hall–Kier alpha value is -2.13. The molecule has 6 unspecified atom stereocenters. The number of nitrogens with two attached hydrogens (primary N) is 1. The number of nitrogens with one attached hydrogen (secondary N) is 1. The quantitative estimate of drug-likeness (QED) is 0.571. The van der Waals surface area contributed by atoms with E-state index in [0.717, 1.165) is 24.0 Å². The minimum absolute atomic E-state index is 0.0678. The Morgan fingerprint density at radius 3 is 2.76 bits per heavy atom. The van der Waals surface area contributed by atoms with Crippen LogP contribution in [0.2, 0.25) is 0 Å². The molecular formula is C25H33F2N3O3S. The predicted octanol–water partition coefficient (Wildman–Crippen LogP) is 2.75. The van der Waals surface area contributed by atoms with Crippen LogP contribution in [0, 0.1) is 5.92 Å². The lowest BCUT2D eigenvalue weighted by Crippen LogP contribution is -2.46. The van der Waals surface area contributed by atoms with Gasteiger partial charge in [0.25, 0.3) is 0 Å². The molecule has 4 rings (SSSR count). The molecule has 9 heteroatoms. The highest BCUT2D eigenvalue weighted by Crippen LogP contribution is 2.42. The van der Waals surface area contributed by atoms with E-state index in [0.29, 0.717) is 49.3 Å². The number of halogens is 2. The van der Waals surface area contributed by atoms with Gasteiger partial charge in [0.1, 0.15) is 0 Å². The van der Waals surface area contributed by atoms with Gasteiger partial charge in [0.15, 0.2) is 12.3 Å². The summed E-state index contributed by atoms with van der Waals surface area (Å²) in [5.74, 6) is -0.401. The molecule has 3 N–H and O–H groups in total. The van der Waals surface area contributed by atoms with Crippen LogP contribution in [0.3, 0.4) is 0 Å². The van der Waals surface area contributed by atoms with E-state index < -0.39 is 29.2 Å². The lowest BCUT2D eigenvalue weighted by Gasteiger charge is -2.29. The van der Waals surface area contributed by atoms with E-state index >= 15 is 0 Å². The van der Waals surface area contributed by atoms with Crippen molar-refractivity contribution >= 4 is 22.6 Å². The molecule has 6 atom stereocenters. The topological polar surface area (TPSA) is 92.5 Å². The molecule has 2 amide bonds. The maximum absolute atomic E-state index is 13.9. The van der Waals surface area contributed by atoms with Crippen LogP contribution in [-0.4, -0.2) is 64.7 Å². The predicted molar refractivity (Wildman–Crippen MR) is 128 cm³/mol. The van der Waals surface area contributed by atoms with E-state index in [1.807, 2.05) is 6.08 Å². The number of alkyl halides is 2. The number of nitrogens with zero attached hydrogens (tertiary/aromatic N) is 1. The molecule has 0 bridgehead atoms. The van der Waals surface area contributed by atoms with Crippen molar-refractivity contribution < 1.29 is 22.6 Å². The van der Waals surface area contributed by atoms with Crippen LogP contribution in [0.5, 0.6) is 0 Å². The fourth-order valence-corrected chi connectivity index (χ4v) is 6.13. The Balaban J connectivity index is 1.32. The molecule has 186 valence electrons. The van der Waals surface area contributed by atoms with Crippen LogP contribution < -0.4 is 11.1 Å². The van der Waals surface area contributed by atoms with E-state index in [1.54, 1.807) is 17.2 Å². The van der Waals surface area contributed by atoms with Gasteiger partial charge in [0.05, 0.1) is 0 Å². The van der Waals surface area contributed by atoms with Crippen molar-refractivity contribution in [3.63, 3.8) is 0 Å². The maximum Gasteiger partial charge on any atom is 0.247 e. The highest BCUT2D eigenvalue weighted by Gasteiger charge is 2.37. The van der Waals surface area contributed by atoms with Crippen LogP contribution in [0.4, 0.5) is 8.78 Å². The SMILES string of the molecule is CS(=O)C1=CCCC(C(=O)NCC2CCCN2C(=O)CC(N)C2CCC3=CC(F)C(F)C=C32)=C1. The summed E-state index contributed by atoms with van der Waals surface area (Å²) in [5, 5.41) is 2.94. The van der Waals surface area contributed by atoms with Crippen molar-refractivity contribution in [3.8, 4) is 0 Å². The first-order valence-corrected chi connectivity index (χ1v) is 13.6. The largest absolute Gasteiger partial charge is 0.350 e. The zero-order valence-electron chi connectivity index (χ0n) is 19.5. The normalized spacial score (nSPS) is 30.5. The van der Waals surface area contributed by atoms with E-state index in [4.69, 9.17) is 5.73 Å². The van der Waals surface area contributed by atoms with Gasteiger partial charge in [-0.3, -0.25) is 13.8 Å². The highest BCUT2D eigenvalue weighted by atomic mass is 32.2. The Kier molecular flexibility index (Phi) is 7.82. The lowest BCUT2D eigenvalue weighted by atomic mass is 9.87. The monoisotopic (exact) mass is 493 g/mol. The molecule has 2 fully saturated rings. The molecule has 1 heterocycles. The number of allylic oxidation sites excluding steroid dienone is 5. The Labute approximate surface area is 201 Å². The number of hydrogen-bond acceptors (Lipinski definition) is 4. The average Bonchev–Trinajstić information content (AvgIpc) is 3.45. The molecule has 6 nitrogen and oxygen atoms in total. The second-order valence-corrected chi connectivity index (χ2v) is 11.0. The molecule has 3 aliphatic carbocycles. The minimum Gasteiger partial charge on any atom is -0.350 e. The Morgan fingerprint density at radius 1 is 1.24 bits per heavy atom. The van der Waals surface area contributed by atoms with Crippen molar-refractivity contribution in [2.24, 2.45) is 11.7 Å². The van der Waals surface area contributed by atoms with Crippen molar-refractivity contribution in [2.45, 2.75) is 69.4 Å². The second-order valence-electron chi connectivity index (χ2n) is 9.58. The van der Waals surface area contributed by atoms with Crippen LogP contribution >= 0.6 is 0 Å². The molecule has 0 radical (unpaired) electrons. The third-order valence-corrected chi connectivity index (χ3v) is 8.27. The molecule has 4 aliphatic rings. The molecule has 0 aromatic rings. The van der Waals surface area contributed by atoms with Crippen molar-refractivity contribution in [1.82, 2.24) is 10.2 Å². The first kappa shape index (κ1) is 25.0. The number of hydrogen-bond donors (Lipinski definition) is 2. The summed E-state index contributed by atoms with van der Waals surface area (Å²) in [6.07, 6.45) is 9.04. The standard InChI is InChI=1S/C25H33F2N3O3S/c1-34(33)18-6-2-4-16(10-18)25(32)29-14-17-5-3-9-30(17)24(31)13-23(28)19-8-7-15-11-21(26)22(27)12-20(15)19/h6,10-12,17,19,21-23H,2-5,7-9,13-14,28H2,1H3,(H,29,32). The lowest BCUT2D eigenvalue weighted by molar-refractivity contribution is -0.133. The first-order chi connectivity index (χ1) is 16.2. The van der Waals surface area contributed by atoms with Crippen LogP contribution in [0.1, 0.15) is 44.9 Å². The molecule has 1 aliphatic heterocycles. The van der Waals surface area contributed by atoms with Crippen molar-refractivity contribution in [3.05, 3.63) is 45.9 Å². The summed E-state index contributed by atoms with van der Waals surface area (Å²) in [6, 6.07) is -0.560. The number of rotatable bonds is 7. The molecule has 0 spiro atoms. The molecular weight excluding hydrogens is 460 g/mol. The summed E-state index contributed by atoms with van der Waals surface area (Å²) in [4.78, 5) is 28.2. The van der Waals surface area contributed by atoms with Gasteiger partial charge in [0.2, 0.25) is 11.8 Å². The van der Waals surface area contributed by atoms with Gasteiger partial charge in [-0.2, -0.15) is 0 Å². The first-order valence-electron chi connectivity index (χ1n) is 12.0. The summed E-state index contributed by atoms with van der Waals surface area (Å²) in [6.45, 7) is 0.972. The van der Waals surface area contributed by atoms with E-state index in [9.17, 15) is 22.6 Å². The molecule has 34 heavy (non-hydrogen) atoms. The number of carbonyl (C=O) groups excluding carboxylic acids is 2. The van der Waals surface area contributed by atoms with Crippen LogP contribution in [0.25, 0.3) is 0 Å². The van der Waals surface area contributed by atoms with Gasteiger partial charge in [-0.1, -0.05) is 6.08 Å². The van der Waals surface area contributed by atoms with Crippen LogP contribution in [-0.2, 0) is 20.4 Å². The van der Waals surface area contributed by atoms with Gasteiger partial charge in [-0.25, -0.2) is 8.78 Å². The zero-order chi connectivity index (χ0) is 24.4. The van der Waals surface area contributed by atoms with Gasteiger partial charge >= 0.3 is 0 Å². The number of carbonyl (C=O) groups is 2. The number of likely N-dealkylation sites (tertiary alicyclic amines) is 1. The summed E-state index contributed by atoms with van der Waals surface area (Å²) < 4.78 is 39.3. The number of fused-ring (bicyclic) bond motifs is 1. The molecule has 0 aromatic carbocycles. The number of amides is 2. The smallest absolute Gasteiger partial charge is 0.247 e. The summed E-state index contributed by atoms with van der Waals surface area (Å²) in [7, 11) is -1.13. The van der Waals surface area contributed by atoms with Gasteiger partial charge in [0, 0.05) is 59.1 Å². The minimum atomic E-state index is -1.66. The fourth-order valence-electron chi connectivity index (χ4n) is 5.47. The Bertz CT molecular complexity index is 990. The zero-order valence-corrected chi connectivity index (χ0v) is 20.3. The van der Waals surface area contributed by atoms with E-state index in [1.165, 1.54) is 12.2 Å². The van der Waals surface area contributed by atoms with Gasteiger partial charge < -0.3 is 16.0 Å². The third-order valence-electron chi connectivity index (χ3n) is 7.32. The molecule has 1 saturated heterocycles. The third kappa shape index (κ3) is 5.40. The van der Waals surface area contributed by atoms with E-state index in [2.05, 4.69) is 5.32 Å². The molecule has 0 aromatic heterocycles. The highest BCUT2D eigenvalue weighted by molar-refractivity contribution is 7.88. The fraction of sp³-hybridized carbons (Fsp3) is 0.600. The van der Waals surface area contributed by atoms with Crippen molar-refractivity contribution in [1.29, 1.82) is 0 Å². The maximum atomic E-state index is 13.9. The summed E-state index contributed by atoms with van der Waals surface area (Å²) in [5.41, 5.74) is 8.58. The van der Waals surface area contributed by atoms with Crippen molar-refractivity contribution in [2.75, 3.05) is 19.3 Å². The second kappa shape index (κ2) is 10.6. The molecule has 1 saturated carbocycles. The van der Waals surface area contributed by atoms with Gasteiger partial charge in [-0.05, 0) is 73.8 Å². The van der Waals surface area contributed by atoms with Gasteiger partial charge in [-0.15, -0.1) is 0 Å². The summed E-state index contributed by atoms with van der Waals surface area (Å²) >= 11 is 0. The van der Waals surface area contributed by atoms with Crippen LogP contribution in [0.15, 0.2) is 45.9 Å². The average molecular weight is 494 g/mol. The van der Waals surface area contributed by atoms with E-state index in [-0.39, 0.29) is 30.2 Å². The Morgan fingerprint density at radius 2 is 2.00 bits per heavy atom.